The Morgan fingerprint density at radius 3 is 2.58 bits per heavy atom. The smallest absolute Gasteiger partial charge is 0.250 e. The standard InChI is InChI=1S/C19H20N4O/c1-3-14-7-6-8-15(11-14)12-18-22-21-13(2)23(18)17-10-5-4-9-16(17)19(20)24/h4-11H,3,12H2,1-2H3,(H2,20,24). The molecule has 1 aromatic heterocycles. The van der Waals surface area contributed by atoms with Gasteiger partial charge in [-0.3, -0.25) is 9.36 Å². The van der Waals surface area contributed by atoms with Crippen molar-refractivity contribution >= 4 is 5.91 Å². The van der Waals surface area contributed by atoms with Crippen LogP contribution in [-0.4, -0.2) is 20.7 Å². The van der Waals surface area contributed by atoms with Crippen molar-refractivity contribution in [1.29, 1.82) is 0 Å². The van der Waals surface area contributed by atoms with E-state index in [1.165, 1.54) is 11.1 Å². The van der Waals surface area contributed by atoms with E-state index in [1.54, 1.807) is 12.1 Å². The third-order valence-corrected chi connectivity index (χ3v) is 4.06. The number of aromatic nitrogens is 3. The molecule has 0 aliphatic rings. The summed E-state index contributed by atoms with van der Waals surface area (Å²) in [6.07, 6.45) is 1.63. The lowest BCUT2D eigenvalue weighted by atomic mass is 10.1. The molecule has 2 aromatic carbocycles. The van der Waals surface area contributed by atoms with E-state index in [9.17, 15) is 4.79 Å². The van der Waals surface area contributed by atoms with Crippen molar-refractivity contribution in [3.63, 3.8) is 0 Å². The van der Waals surface area contributed by atoms with Crippen LogP contribution in [0.1, 0.15) is 40.1 Å². The maximum Gasteiger partial charge on any atom is 0.250 e. The highest BCUT2D eigenvalue weighted by Crippen LogP contribution is 2.20. The number of nitrogens with zero attached hydrogens (tertiary/aromatic N) is 3. The molecule has 0 aliphatic carbocycles. The average molecular weight is 320 g/mol. The summed E-state index contributed by atoms with van der Waals surface area (Å²) >= 11 is 0. The molecule has 0 atom stereocenters. The van der Waals surface area contributed by atoms with E-state index in [1.807, 2.05) is 23.6 Å². The number of aryl methyl sites for hydroxylation is 2. The second kappa shape index (κ2) is 6.66. The molecule has 1 heterocycles. The fraction of sp³-hybridized carbons (Fsp3) is 0.211. The fourth-order valence-electron chi connectivity index (χ4n) is 2.85. The first-order chi connectivity index (χ1) is 11.6. The minimum Gasteiger partial charge on any atom is -0.366 e. The number of rotatable bonds is 5. The van der Waals surface area contributed by atoms with Gasteiger partial charge in [0.1, 0.15) is 11.6 Å². The summed E-state index contributed by atoms with van der Waals surface area (Å²) in [5.41, 5.74) is 9.15. The molecular formula is C19H20N4O. The molecule has 3 aromatic rings. The maximum absolute atomic E-state index is 11.7. The topological polar surface area (TPSA) is 73.8 Å². The van der Waals surface area contributed by atoms with Crippen LogP contribution in [0.5, 0.6) is 0 Å². The van der Waals surface area contributed by atoms with Crippen LogP contribution in [0, 0.1) is 6.92 Å². The Bertz CT molecular complexity index is 883. The molecule has 0 unspecified atom stereocenters. The summed E-state index contributed by atoms with van der Waals surface area (Å²) in [4.78, 5) is 11.7. The molecule has 5 nitrogen and oxygen atoms in total. The van der Waals surface area contributed by atoms with Gasteiger partial charge in [0.25, 0.3) is 5.91 Å². The highest BCUT2D eigenvalue weighted by Gasteiger charge is 2.16. The molecule has 24 heavy (non-hydrogen) atoms. The summed E-state index contributed by atoms with van der Waals surface area (Å²) in [6.45, 7) is 4.01. The van der Waals surface area contributed by atoms with E-state index in [2.05, 4.69) is 41.4 Å². The predicted molar refractivity (Wildman–Crippen MR) is 93.2 cm³/mol. The summed E-state index contributed by atoms with van der Waals surface area (Å²) in [7, 11) is 0. The van der Waals surface area contributed by atoms with Gasteiger partial charge < -0.3 is 5.73 Å². The summed E-state index contributed by atoms with van der Waals surface area (Å²) < 4.78 is 1.90. The molecule has 0 spiro atoms. The third-order valence-electron chi connectivity index (χ3n) is 4.06. The van der Waals surface area contributed by atoms with Crippen LogP contribution in [0.15, 0.2) is 48.5 Å². The number of hydrogen-bond acceptors (Lipinski definition) is 3. The minimum atomic E-state index is -0.461. The first-order valence-corrected chi connectivity index (χ1v) is 7.98. The van der Waals surface area contributed by atoms with Crippen LogP contribution in [-0.2, 0) is 12.8 Å². The van der Waals surface area contributed by atoms with Gasteiger partial charge in [-0.25, -0.2) is 0 Å². The number of nitrogens with two attached hydrogens (primary N) is 1. The molecule has 1 amide bonds. The Morgan fingerprint density at radius 2 is 1.83 bits per heavy atom. The number of hydrogen-bond donors (Lipinski definition) is 1. The second-order valence-corrected chi connectivity index (χ2v) is 5.73. The third kappa shape index (κ3) is 3.06. The molecule has 0 saturated carbocycles. The van der Waals surface area contributed by atoms with Crippen LogP contribution in [0.2, 0.25) is 0 Å². The maximum atomic E-state index is 11.7. The van der Waals surface area contributed by atoms with Crippen molar-refractivity contribution in [2.45, 2.75) is 26.7 Å². The van der Waals surface area contributed by atoms with Gasteiger partial charge in [-0.15, -0.1) is 10.2 Å². The molecular weight excluding hydrogens is 300 g/mol. The zero-order valence-corrected chi connectivity index (χ0v) is 13.9. The number of benzene rings is 2. The number of para-hydroxylation sites is 1. The van der Waals surface area contributed by atoms with Crippen molar-refractivity contribution in [2.75, 3.05) is 0 Å². The van der Waals surface area contributed by atoms with E-state index in [0.717, 1.165) is 18.1 Å². The van der Waals surface area contributed by atoms with Crippen LogP contribution < -0.4 is 5.73 Å². The summed E-state index contributed by atoms with van der Waals surface area (Å²) in [5.74, 6) is 1.05. The molecule has 0 bridgehead atoms. The lowest BCUT2D eigenvalue weighted by Crippen LogP contribution is -2.16. The fourth-order valence-corrected chi connectivity index (χ4v) is 2.85. The normalized spacial score (nSPS) is 10.8. The molecule has 0 fully saturated rings. The Labute approximate surface area is 141 Å². The van der Waals surface area contributed by atoms with Crippen molar-refractivity contribution in [2.24, 2.45) is 5.73 Å². The lowest BCUT2D eigenvalue weighted by molar-refractivity contribution is 0.100. The van der Waals surface area contributed by atoms with Gasteiger partial charge >= 0.3 is 0 Å². The SMILES string of the molecule is CCc1cccc(Cc2nnc(C)n2-c2ccccc2C(N)=O)c1. The molecule has 3 rings (SSSR count). The molecule has 122 valence electrons. The number of carbonyl (C=O) groups is 1. The highest BCUT2D eigenvalue weighted by molar-refractivity contribution is 5.96. The van der Waals surface area contributed by atoms with E-state index in [-0.39, 0.29) is 0 Å². The van der Waals surface area contributed by atoms with Gasteiger partial charge in [-0.05, 0) is 36.6 Å². The average Bonchev–Trinajstić information content (AvgIpc) is 2.95. The zero-order chi connectivity index (χ0) is 17.1. The quantitative estimate of drug-likeness (QED) is 0.785. The van der Waals surface area contributed by atoms with Gasteiger partial charge in [0.2, 0.25) is 0 Å². The Morgan fingerprint density at radius 1 is 1.08 bits per heavy atom. The van der Waals surface area contributed by atoms with Gasteiger partial charge in [0.05, 0.1) is 11.3 Å². The molecule has 2 N–H and O–H groups in total. The second-order valence-electron chi connectivity index (χ2n) is 5.73. The monoisotopic (exact) mass is 320 g/mol. The van der Waals surface area contributed by atoms with Crippen LogP contribution in [0.25, 0.3) is 5.69 Å². The molecule has 0 aliphatic heterocycles. The van der Waals surface area contributed by atoms with E-state index < -0.39 is 5.91 Å². The number of carbonyl (C=O) groups excluding carboxylic acids is 1. The van der Waals surface area contributed by atoms with Crippen LogP contribution in [0.3, 0.4) is 0 Å². The van der Waals surface area contributed by atoms with Crippen molar-refractivity contribution in [3.8, 4) is 5.69 Å². The van der Waals surface area contributed by atoms with Gasteiger partial charge in [0.15, 0.2) is 0 Å². The predicted octanol–water partition coefficient (Wildman–Crippen LogP) is 2.83. The molecule has 5 heteroatoms. The van der Waals surface area contributed by atoms with E-state index >= 15 is 0 Å². The largest absolute Gasteiger partial charge is 0.366 e. The minimum absolute atomic E-state index is 0.461. The highest BCUT2D eigenvalue weighted by atomic mass is 16.1. The molecule has 0 radical (unpaired) electrons. The Kier molecular flexibility index (Phi) is 4.42. The number of amides is 1. The summed E-state index contributed by atoms with van der Waals surface area (Å²) in [6, 6.07) is 15.7. The van der Waals surface area contributed by atoms with Gasteiger partial charge in [-0.2, -0.15) is 0 Å². The Hall–Kier alpha value is -2.95. The van der Waals surface area contributed by atoms with Crippen molar-refractivity contribution in [3.05, 3.63) is 76.9 Å². The zero-order valence-electron chi connectivity index (χ0n) is 13.9. The first-order valence-electron chi connectivity index (χ1n) is 7.98. The van der Waals surface area contributed by atoms with E-state index in [4.69, 9.17) is 5.73 Å². The van der Waals surface area contributed by atoms with Crippen molar-refractivity contribution in [1.82, 2.24) is 14.8 Å². The summed E-state index contributed by atoms with van der Waals surface area (Å²) in [5, 5.41) is 8.50. The van der Waals surface area contributed by atoms with Gasteiger partial charge in [0, 0.05) is 6.42 Å². The lowest BCUT2D eigenvalue weighted by Gasteiger charge is -2.12. The van der Waals surface area contributed by atoms with E-state index in [0.29, 0.717) is 17.7 Å². The van der Waals surface area contributed by atoms with Gasteiger partial charge in [-0.1, -0.05) is 43.3 Å². The number of primary amides is 1. The van der Waals surface area contributed by atoms with Crippen molar-refractivity contribution < 1.29 is 4.79 Å². The van der Waals surface area contributed by atoms with Crippen LogP contribution in [0.4, 0.5) is 0 Å². The molecule has 0 saturated heterocycles. The van der Waals surface area contributed by atoms with Crippen LogP contribution >= 0.6 is 0 Å². The first kappa shape index (κ1) is 15.9. The Balaban J connectivity index is 2.05.